The van der Waals surface area contributed by atoms with Crippen LogP contribution in [-0.4, -0.2) is 35.9 Å². The Hall–Kier alpha value is -4.26. The Bertz CT molecular complexity index is 1310. The fourth-order valence-corrected chi connectivity index (χ4v) is 3.38. The molecule has 31 heavy (non-hydrogen) atoms. The molecule has 3 N–H and O–H groups in total. The first-order chi connectivity index (χ1) is 15.0. The summed E-state index contributed by atoms with van der Waals surface area (Å²) >= 11 is 0. The smallest absolute Gasteiger partial charge is 0.339 e. The summed E-state index contributed by atoms with van der Waals surface area (Å²) in [4.78, 5) is 40.1. The summed E-state index contributed by atoms with van der Waals surface area (Å²) in [7, 11) is 0. The number of pyridine rings is 1. The van der Waals surface area contributed by atoms with Crippen molar-refractivity contribution in [1.29, 1.82) is 0 Å². The van der Waals surface area contributed by atoms with E-state index in [0.29, 0.717) is 22.2 Å². The lowest BCUT2D eigenvalue weighted by Crippen LogP contribution is -2.36. The average Bonchev–Trinajstić information content (AvgIpc) is 2.80. The maximum absolute atomic E-state index is 12.8. The first-order valence-corrected chi connectivity index (χ1v) is 9.63. The van der Waals surface area contributed by atoms with Gasteiger partial charge in [0.25, 0.3) is 5.91 Å². The zero-order chi connectivity index (χ0) is 21.8. The highest BCUT2D eigenvalue weighted by Gasteiger charge is 2.17. The number of hydrogen-bond acceptors (Lipinski definition) is 5. The van der Waals surface area contributed by atoms with Crippen LogP contribution in [0.3, 0.4) is 0 Å². The van der Waals surface area contributed by atoms with Crippen LogP contribution < -0.4 is 11.1 Å². The number of esters is 1. The minimum atomic E-state index is -0.681. The molecule has 7 nitrogen and oxygen atoms in total. The minimum Gasteiger partial charge on any atom is -0.452 e. The first kappa shape index (κ1) is 20.0. The summed E-state index contributed by atoms with van der Waals surface area (Å²) in [6, 6.07) is 22.8. The lowest BCUT2D eigenvalue weighted by molar-refractivity contribution is -0.127. The number of fused-ring (bicyclic) bond motifs is 2. The van der Waals surface area contributed by atoms with Gasteiger partial charge in [-0.05, 0) is 22.9 Å². The van der Waals surface area contributed by atoms with Crippen LogP contribution in [0.4, 0.5) is 0 Å². The molecule has 0 saturated heterocycles. The zero-order valence-electron chi connectivity index (χ0n) is 16.5. The van der Waals surface area contributed by atoms with Crippen LogP contribution in [-0.2, 0) is 14.3 Å². The summed E-state index contributed by atoms with van der Waals surface area (Å²) in [6.07, 6.45) is 0. The van der Waals surface area contributed by atoms with Gasteiger partial charge in [-0.2, -0.15) is 0 Å². The standard InChI is InChI=1S/C24H19N3O4/c25-22(28)13-26-23(29)14-31-24(30)19-12-21(27-20-11-4-3-9-18(19)20)17-10-5-7-15-6-1-2-8-16(15)17/h1-12H,13-14H2,(H2,25,28)(H,26,29). The molecule has 4 rings (SSSR count). The van der Waals surface area contributed by atoms with Gasteiger partial charge in [0.1, 0.15) is 0 Å². The highest BCUT2D eigenvalue weighted by atomic mass is 16.5. The van der Waals surface area contributed by atoms with Gasteiger partial charge < -0.3 is 15.8 Å². The SMILES string of the molecule is NC(=O)CNC(=O)COC(=O)c1cc(-c2cccc3ccccc23)nc2ccccc12. The number of carbonyl (C=O) groups excluding carboxylic acids is 3. The second kappa shape index (κ2) is 8.62. The van der Waals surface area contributed by atoms with Gasteiger partial charge in [0.2, 0.25) is 5.91 Å². The fourth-order valence-electron chi connectivity index (χ4n) is 3.38. The third kappa shape index (κ3) is 4.35. The fraction of sp³-hybridized carbons (Fsp3) is 0.0833. The maximum atomic E-state index is 12.8. The molecule has 154 valence electrons. The molecule has 0 spiro atoms. The summed E-state index contributed by atoms with van der Waals surface area (Å²) in [5.74, 6) is -1.95. The molecule has 3 aromatic carbocycles. The van der Waals surface area contributed by atoms with Crippen LogP contribution in [0, 0.1) is 0 Å². The Morgan fingerprint density at radius 3 is 2.42 bits per heavy atom. The number of nitrogens with zero attached hydrogens (tertiary/aromatic N) is 1. The van der Waals surface area contributed by atoms with Crippen molar-refractivity contribution in [3.8, 4) is 11.3 Å². The van der Waals surface area contributed by atoms with Gasteiger partial charge in [-0.1, -0.05) is 60.7 Å². The van der Waals surface area contributed by atoms with E-state index in [1.54, 1.807) is 18.2 Å². The number of benzene rings is 3. The van der Waals surface area contributed by atoms with Gasteiger partial charge in [-0.25, -0.2) is 9.78 Å². The van der Waals surface area contributed by atoms with Crippen molar-refractivity contribution >= 4 is 39.5 Å². The molecule has 1 heterocycles. The van der Waals surface area contributed by atoms with Gasteiger partial charge in [0.15, 0.2) is 6.61 Å². The van der Waals surface area contributed by atoms with Crippen molar-refractivity contribution in [3.05, 3.63) is 78.4 Å². The molecule has 0 unspecified atom stereocenters. The Balaban J connectivity index is 1.71. The van der Waals surface area contributed by atoms with Crippen molar-refractivity contribution in [1.82, 2.24) is 10.3 Å². The van der Waals surface area contributed by atoms with E-state index >= 15 is 0 Å². The number of para-hydroxylation sites is 1. The Kier molecular flexibility index (Phi) is 5.57. The molecule has 0 radical (unpaired) electrons. The highest BCUT2D eigenvalue weighted by molar-refractivity contribution is 6.06. The molecule has 7 heteroatoms. The molecular weight excluding hydrogens is 394 g/mol. The Morgan fingerprint density at radius 2 is 1.61 bits per heavy atom. The van der Waals surface area contributed by atoms with E-state index in [2.05, 4.69) is 5.32 Å². The predicted octanol–water partition coefficient (Wildman–Crippen LogP) is 2.81. The quantitative estimate of drug-likeness (QED) is 0.472. The van der Waals surface area contributed by atoms with Gasteiger partial charge in [0.05, 0.1) is 23.3 Å². The van der Waals surface area contributed by atoms with Gasteiger partial charge in [0, 0.05) is 10.9 Å². The van der Waals surface area contributed by atoms with E-state index in [9.17, 15) is 14.4 Å². The summed E-state index contributed by atoms with van der Waals surface area (Å²) in [5.41, 5.74) is 7.44. The average molecular weight is 413 g/mol. The van der Waals surface area contributed by atoms with E-state index in [0.717, 1.165) is 16.3 Å². The number of aromatic nitrogens is 1. The van der Waals surface area contributed by atoms with Crippen molar-refractivity contribution in [3.63, 3.8) is 0 Å². The number of carbonyl (C=O) groups is 3. The summed E-state index contributed by atoms with van der Waals surface area (Å²) in [5, 5.41) is 4.97. The van der Waals surface area contributed by atoms with Crippen LogP contribution in [0.25, 0.3) is 32.9 Å². The lowest BCUT2D eigenvalue weighted by atomic mass is 9.99. The molecule has 2 amide bonds. The summed E-state index contributed by atoms with van der Waals surface area (Å²) < 4.78 is 5.18. The lowest BCUT2D eigenvalue weighted by Gasteiger charge is -2.11. The number of ether oxygens (including phenoxy) is 1. The Labute approximate surface area is 177 Å². The van der Waals surface area contributed by atoms with E-state index in [1.165, 1.54) is 0 Å². The number of hydrogen-bond donors (Lipinski definition) is 2. The number of rotatable bonds is 6. The topological polar surface area (TPSA) is 111 Å². The molecule has 0 fully saturated rings. The third-order valence-corrected chi connectivity index (χ3v) is 4.80. The monoisotopic (exact) mass is 413 g/mol. The molecule has 0 bridgehead atoms. The number of primary amides is 1. The molecule has 0 aliphatic carbocycles. The van der Waals surface area contributed by atoms with Crippen molar-refractivity contribution in [2.24, 2.45) is 5.73 Å². The second-order valence-electron chi connectivity index (χ2n) is 6.92. The zero-order valence-corrected chi connectivity index (χ0v) is 16.5. The molecule has 1 aromatic heterocycles. The van der Waals surface area contributed by atoms with Crippen LogP contribution in [0.5, 0.6) is 0 Å². The van der Waals surface area contributed by atoms with Crippen LogP contribution in [0.15, 0.2) is 72.8 Å². The summed E-state index contributed by atoms with van der Waals surface area (Å²) in [6.45, 7) is -0.841. The highest BCUT2D eigenvalue weighted by Crippen LogP contribution is 2.30. The predicted molar refractivity (Wildman–Crippen MR) is 117 cm³/mol. The maximum Gasteiger partial charge on any atom is 0.339 e. The number of amides is 2. The molecule has 0 aliphatic heterocycles. The normalized spacial score (nSPS) is 10.7. The van der Waals surface area contributed by atoms with Crippen molar-refractivity contribution in [2.75, 3.05) is 13.2 Å². The van der Waals surface area contributed by atoms with E-state index in [1.807, 2.05) is 54.6 Å². The second-order valence-corrected chi connectivity index (χ2v) is 6.92. The molecular formula is C24H19N3O4. The third-order valence-electron chi connectivity index (χ3n) is 4.80. The first-order valence-electron chi connectivity index (χ1n) is 9.63. The number of nitrogens with one attached hydrogen (secondary N) is 1. The van der Waals surface area contributed by atoms with Crippen LogP contribution >= 0.6 is 0 Å². The van der Waals surface area contributed by atoms with Gasteiger partial charge >= 0.3 is 5.97 Å². The number of nitrogens with two attached hydrogens (primary N) is 1. The van der Waals surface area contributed by atoms with Gasteiger partial charge in [-0.15, -0.1) is 0 Å². The molecule has 0 atom stereocenters. The largest absolute Gasteiger partial charge is 0.452 e. The Morgan fingerprint density at radius 1 is 0.903 bits per heavy atom. The van der Waals surface area contributed by atoms with Crippen LogP contribution in [0.2, 0.25) is 0 Å². The van der Waals surface area contributed by atoms with Crippen molar-refractivity contribution in [2.45, 2.75) is 0 Å². The van der Waals surface area contributed by atoms with Crippen molar-refractivity contribution < 1.29 is 19.1 Å². The molecule has 0 aliphatic rings. The molecule has 4 aromatic rings. The van der Waals surface area contributed by atoms with E-state index < -0.39 is 24.4 Å². The van der Waals surface area contributed by atoms with Gasteiger partial charge in [-0.3, -0.25) is 9.59 Å². The molecule has 0 saturated carbocycles. The minimum absolute atomic E-state index is 0.302. The van der Waals surface area contributed by atoms with Crippen LogP contribution in [0.1, 0.15) is 10.4 Å². The van der Waals surface area contributed by atoms with E-state index in [4.69, 9.17) is 15.5 Å². The van der Waals surface area contributed by atoms with E-state index in [-0.39, 0.29) is 6.54 Å².